The van der Waals surface area contributed by atoms with Gasteiger partial charge in [-0.15, -0.1) is 0 Å². The van der Waals surface area contributed by atoms with E-state index in [1.54, 1.807) is 0 Å². The molecule has 1 nitrogen and oxygen atoms in total. The maximum atomic E-state index is 15.3. The van der Waals surface area contributed by atoms with Crippen LogP contribution in [-0.4, -0.2) is 4.98 Å². The van der Waals surface area contributed by atoms with Crippen LogP contribution in [0.15, 0.2) is 60.1 Å². The smallest absolute Gasteiger partial charge is 0.123 e. The van der Waals surface area contributed by atoms with E-state index >= 15 is 4.39 Å². The number of halogens is 1. The van der Waals surface area contributed by atoms with Crippen molar-refractivity contribution in [2.24, 2.45) is 17.3 Å². The topological polar surface area (TPSA) is 12.9 Å². The zero-order valence-corrected chi connectivity index (χ0v) is 16.5. The molecule has 3 unspecified atom stereocenters. The second-order valence-electron chi connectivity index (χ2n) is 9.03. The van der Waals surface area contributed by atoms with E-state index in [2.05, 4.69) is 64.1 Å². The van der Waals surface area contributed by atoms with Gasteiger partial charge in [-0.3, -0.25) is 4.98 Å². The molecule has 0 aliphatic heterocycles. The average Bonchev–Trinajstić information content (AvgIpc) is 3.29. The minimum absolute atomic E-state index is 0.0523. The van der Waals surface area contributed by atoms with Crippen molar-refractivity contribution in [1.82, 2.24) is 4.98 Å². The Morgan fingerprint density at radius 3 is 2.70 bits per heavy atom. The quantitative estimate of drug-likeness (QED) is 0.540. The second-order valence-corrected chi connectivity index (χ2v) is 9.03. The Balaban J connectivity index is 1.86. The van der Waals surface area contributed by atoms with Crippen LogP contribution in [0.25, 0.3) is 16.3 Å². The molecule has 0 saturated heterocycles. The Labute approximate surface area is 160 Å². The van der Waals surface area contributed by atoms with Gasteiger partial charge in [0.25, 0.3) is 0 Å². The van der Waals surface area contributed by atoms with Crippen molar-refractivity contribution in [2.75, 3.05) is 0 Å². The molecule has 3 atom stereocenters. The Morgan fingerprint density at radius 1 is 1.22 bits per heavy atom. The van der Waals surface area contributed by atoms with E-state index in [-0.39, 0.29) is 16.7 Å². The molecule has 0 amide bonds. The molecule has 27 heavy (non-hydrogen) atoms. The minimum Gasteiger partial charge on any atom is -0.256 e. The van der Waals surface area contributed by atoms with Gasteiger partial charge in [-0.25, -0.2) is 4.39 Å². The summed E-state index contributed by atoms with van der Waals surface area (Å²) in [5.41, 5.74) is 3.99. The molecular formula is C25H26FN. The van der Waals surface area contributed by atoms with E-state index in [9.17, 15) is 0 Å². The van der Waals surface area contributed by atoms with Crippen LogP contribution in [0.2, 0.25) is 0 Å². The van der Waals surface area contributed by atoms with Gasteiger partial charge in [0.05, 0.1) is 5.69 Å². The molecule has 0 radical (unpaired) electrons. The molecule has 3 aliphatic carbocycles. The normalized spacial score (nSPS) is 31.2. The fourth-order valence-corrected chi connectivity index (χ4v) is 5.86. The lowest BCUT2D eigenvalue weighted by Gasteiger charge is -2.42. The molecule has 1 fully saturated rings. The van der Waals surface area contributed by atoms with Crippen molar-refractivity contribution >= 4 is 16.3 Å². The Kier molecular flexibility index (Phi) is 3.39. The zero-order valence-electron chi connectivity index (χ0n) is 16.5. The van der Waals surface area contributed by atoms with Crippen LogP contribution in [0, 0.1) is 17.3 Å². The summed E-state index contributed by atoms with van der Waals surface area (Å²) < 4.78 is 15.3. The third kappa shape index (κ3) is 2.07. The third-order valence-corrected chi connectivity index (χ3v) is 7.28. The summed E-state index contributed by atoms with van der Waals surface area (Å²) in [4.78, 5) is 4.82. The molecule has 138 valence electrons. The molecule has 1 aromatic carbocycles. The minimum atomic E-state index is -0.362. The van der Waals surface area contributed by atoms with Crippen LogP contribution in [0.4, 0.5) is 4.39 Å². The number of rotatable bonds is 2. The number of fused-ring (bicyclic) bond motifs is 1. The molecule has 0 spiro atoms. The molecule has 2 aromatic rings. The van der Waals surface area contributed by atoms with Crippen LogP contribution >= 0.6 is 0 Å². The lowest BCUT2D eigenvalue weighted by Crippen LogP contribution is -2.32. The van der Waals surface area contributed by atoms with Gasteiger partial charge in [0.2, 0.25) is 0 Å². The molecule has 1 aromatic heterocycles. The fraction of sp³-hybridized carbons (Fsp3) is 0.400. The van der Waals surface area contributed by atoms with E-state index in [4.69, 9.17) is 4.98 Å². The van der Waals surface area contributed by atoms with Crippen LogP contribution in [0.1, 0.15) is 51.8 Å². The van der Waals surface area contributed by atoms with Crippen molar-refractivity contribution in [2.45, 2.75) is 46.0 Å². The van der Waals surface area contributed by atoms with Crippen LogP contribution in [0.3, 0.4) is 0 Å². The average molecular weight is 359 g/mol. The first-order valence-electron chi connectivity index (χ1n) is 10.0. The van der Waals surface area contributed by atoms with E-state index < -0.39 is 0 Å². The van der Waals surface area contributed by atoms with E-state index in [0.717, 1.165) is 23.3 Å². The van der Waals surface area contributed by atoms with Gasteiger partial charge < -0.3 is 0 Å². The predicted octanol–water partition coefficient (Wildman–Crippen LogP) is 6.76. The monoisotopic (exact) mass is 359 g/mol. The number of pyridine rings is 1. The molecule has 3 aliphatic rings. The molecule has 1 saturated carbocycles. The number of nitrogens with zero attached hydrogens (tertiary/aromatic N) is 1. The summed E-state index contributed by atoms with van der Waals surface area (Å²) >= 11 is 0. The van der Waals surface area contributed by atoms with Gasteiger partial charge in [0.1, 0.15) is 5.83 Å². The molecule has 0 N–H and O–H groups in total. The van der Waals surface area contributed by atoms with E-state index in [1.165, 1.54) is 22.8 Å². The zero-order chi connectivity index (χ0) is 19.0. The van der Waals surface area contributed by atoms with Gasteiger partial charge in [0, 0.05) is 22.6 Å². The molecule has 0 bridgehead atoms. The first-order chi connectivity index (χ1) is 12.9. The SMILES string of the molecule is CC=CC1(C2CC=C(F)C3=C2c2nccc4cccc(c24)C3(C)C)CC1C. The van der Waals surface area contributed by atoms with Crippen molar-refractivity contribution in [3.63, 3.8) is 0 Å². The number of aromatic nitrogens is 1. The maximum Gasteiger partial charge on any atom is 0.123 e. The van der Waals surface area contributed by atoms with Crippen molar-refractivity contribution < 1.29 is 4.39 Å². The standard InChI is InChI=1S/C25H26FN/c1-5-12-25(14-15(25)2)18-9-10-19(26)22-21(18)23-20-16(11-13-27-23)7-6-8-17(20)24(22,3)4/h5-8,10-13,15,18H,9,14H2,1-4H3. The highest BCUT2D eigenvalue weighted by Gasteiger charge is 2.57. The number of hydrogen-bond acceptors (Lipinski definition) is 1. The summed E-state index contributed by atoms with van der Waals surface area (Å²) in [7, 11) is 0. The molecule has 2 heteroatoms. The second kappa shape index (κ2) is 5.41. The van der Waals surface area contributed by atoms with E-state index in [1.807, 2.05) is 12.3 Å². The maximum absolute atomic E-state index is 15.3. The largest absolute Gasteiger partial charge is 0.256 e. The number of hydrogen-bond donors (Lipinski definition) is 0. The van der Waals surface area contributed by atoms with Gasteiger partial charge in [-0.05, 0) is 65.7 Å². The van der Waals surface area contributed by atoms with Crippen molar-refractivity contribution in [3.05, 3.63) is 71.3 Å². The predicted molar refractivity (Wildman–Crippen MR) is 110 cm³/mol. The number of benzene rings is 1. The van der Waals surface area contributed by atoms with Gasteiger partial charge in [-0.1, -0.05) is 51.1 Å². The Hall–Kier alpha value is -2.22. The Bertz CT molecular complexity index is 1050. The van der Waals surface area contributed by atoms with Crippen molar-refractivity contribution in [3.8, 4) is 0 Å². The first-order valence-corrected chi connectivity index (χ1v) is 10.0. The highest BCUT2D eigenvalue weighted by molar-refractivity contribution is 6.00. The van der Waals surface area contributed by atoms with Crippen LogP contribution < -0.4 is 0 Å². The lowest BCUT2D eigenvalue weighted by atomic mass is 9.62. The van der Waals surface area contributed by atoms with Gasteiger partial charge in [0.15, 0.2) is 0 Å². The molecular weight excluding hydrogens is 333 g/mol. The Morgan fingerprint density at radius 2 is 2.00 bits per heavy atom. The van der Waals surface area contributed by atoms with E-state index in [0.29, 0.717) is 11.8 Å². The van der Waals surface area contributed by atoms with Crippen LogP contribution in [0.5, 0.6) is 0 Å². The molecule has 5 rings (SSSR count). The first kappa shape index (κ1) is 16.9. The highest BCUT2D eigenvalue weighted by Crippen LogP contribution is 2.66. The summed E-state index contributed by atoms with van der Waals surface area (Å²) in [5, 5.41) is 2.42. The third-order valence-electron chi connectivity index (χ3n) is 7.28. The lowest BCUT2D eigenvalue weighted by molar-refractivity contribution is 0.417. The van der Waals surface area contributed by atoms with Crippen LogP contribution in [-0.2, 0) is 5.41 Å². The summed E-state index contributed by atoms with van der Waals surface area (Å²) in [6, 6.07) is 8.46. The fourth-order valence-electron chi connectivity index (χ4n) is 5.86. The molecule has 1 heterocycles. The highest BCUT2D eigenvalue weighted by atomic mass is 19.1. The number of allylic oxidation sites excluding steroid dienone is 6. The summed E-state index contributed by atoms with van der Waals surface area (Å²) in [6.45, 7) is 8.76. The van der Waals surface area contributed by atoms with Crippen molar-refractivity contribution in [1.29, 1.82) is 0 Å². The van der Waals surface area contributed by atoms with Gasteiger partial charge in [-0.2, -0.15) is 0 Å². The summed E-state index contributed by atoms with van der Waals surface area (Å²) in [5.74, 6) is 0.869. The summed E-state index contributed by atoms with van der Waals surface area (Å²) in [6.07, 6.45) is 10.2. The van der Waals surface area contributed by atoms with Gasteiger partial charge >= 0.3 is 0 Å².